The molecule has 1 amide bonds. The maximum atomic E-state index is 12.9. The zero-order valence-electron chi connectivity index (χ0n) is 16.5. The van der Waals surface area contributed by atoms with E-state index < -0.39 is 26.9 Å². The van der Waals surface area contributed by atoms with Crippen molar-refractivity contribution in [1.82, 2.24) is 0 Å². The molecule has 1 aliphatic rings. The Balaban J connectivity index is 2.23. The molecule has 2 aromatic carbocycles. The van der Waals surface area contributed by atoms with Crippen molar-refractivity contribution < 1.29 is 27.4 Å². The maximum Gasteiger partial charge on any atom is 0.243 e. The SMILES string of the molecule is COc1cc(C2N(c3ccc(C)cc3C)C(=O)CS2(=O)=O)cc(OC)c1OC. The molecule has 1 unspecified atom stereocenters. The van der Waals surface area contributed by atoms with Crippen molar-refractivity contribution in [1.29, 1.82) is 0 Å². The second-order valence-electron chi connectivity index (χ2n) is 6.67. The van der Waals surface area contributed by atoms with Crippen molar-refractivity contribution >= 4 is 21.4 Å². The summed E-state index contributed by atoms with van der Waals surface area (Å²) in [6, 6.07) is 8.68. The van der Waals surface area contributed by atoms with E-state index >= 15 is 0 Å². The van der Waals surface area contributed by atoms with Gasteiger partial charge in [0.25, 0.3) is 0 Å². The first kappa shape index (κ1) is 20.0. The Labute approximate surface area is 164 Å². The average Bonchev–Trinajstić information content (AvgIpc) is 2.88. The molecular formula is C20H23NO6S. The Morgan fingerprint density at radius 1 is 0.964 bits per heavy atom. The van der Waals surface area contributed by atoms with Gasteiger partial charge in [0.1, 0.15) is 5.75 Å². The quantitative estimate of drug-likeness (QED) is 0.761. The van der Waals surface area contributed by atoms with Crippen LogP contribution in [0.15, 0.2) is 30.3 Å². The number of anilines is 1. The van der Waals surface area contributed by atoms with E-state index in [9.17, 15) is 13.2 Å². The van der Waals surface area contributed by atoms with Gasteiger partial charge in [0.15, 0.2) is 26.7 Å². The van der Waals surface area contributed by atoms with Crippen LogP contribution in [-0.2, 0) is 14.6 Å². The molecule has 8 heteroatoms. The van der Waals surface area contributed by atoms with Crippen LogP contribution in [0.4, 0.5) is 5.69 Å². The molecule has 1 fully saturated rings. The van der Waals surface area contributed by atoms with Crippen molar-refractivity contribution in [2.45, 2.75) is 19.2 Å². The zero-order chi connectivity index (χ0) is 20.6. The molecule has 1 heterocycles. The summed E-state index contributed by atoms with van der Waals surface area (Å²) in [5.41, 5.74) is 2.79. The van der Waals surface area contributed by atoms with Crippen LogP contribution in [0, 0.1) is 13.8 Å². The molecule has 150 valence electrons. The van der Waals surface area contributed by atoms with Gasteiger partial charge >= 0.3 is 0 Å². The zero-order valence-corrected chi connectivity index (χ0v) is 17.3. The highest BCUT2D eigenvalue weighted by molar-refractivity contribution is 7.93. The predicted molar refractivity (Wildman–Crippen MR) is 106 cm³/mol. The molecule has 0 aliphatic carbocycles. The number of carbonyl (C=O) groups excluding carboxylic acids is 1. The number of hydrogen-bond acceptors (Lipinski definition) is 6. The lowest BCUT2D eigenvalue weighted by Crippen LogP contribution is -2.29. The van der Waals surface area contributed by atoms with Gasteiger partial charge in [0.05, 0.1) is 21.3 Å². The van der Waals surface area contributed by atoms with E-state index in [0.29, 0.717) is 28.5 Å². The molecule has 0 aromatic heterocycles. The summed E-state index contributed by atoms with van der Waals surface area (Å²) in [5.74, 6) is -0.0139. The third-order valence-corrected chi connectivity index (χ3v) is 6.56. The lowest BCUT2D eigenvalue weighted by atomic mass is 10.1. The van der Waals surface area contributed by atoms with Crippen LogP contribution >= 0.6 is 0 Å². The number of hydrogen-bond donors (Lipinski definition) is 0. The van der Waals surface area contributed by atoms with Gasteiger partial charge in [0, 0.05) is 5.69 Å². The number of ether oxygens (including phenoxy) is 3. The summed E-state index contributed by atoms with van der Waals surface area (Å²) in [5, 5.41) is -1.17. The van der Waals surface area contributed by atoms with Crippen molar-refractivity contribution in [3.8, 4) is 17.2 Å². The summed E-state index contributed by atoms with van der Waals surface area (Å²) in [6.45, 7) is 3.79. The number of carbonyl (C=O) groups is 1. The van der Waals surface area contributed by atoms with Crippen LogP contribution in [0.2, 0.25) is 0 Å². The molecule has 1 aliphatic heterocycles. The molecule has 1 atom stereocenters. The van der Waals surface area contributed by atoms with Crippen molar-refractivity contribution in [2.75, 3.05) is 32.0 Å². The Morgan fingerprint density at radius 3 is 2.07 bits per heavy atom. The van der Waals surface area contributed by atoms with Crippen LogP contribution < -0.4 is 19.1 Å². The smallest absolute Gasteiger partial charge is 0.243 e. The summed E-state index contributed by atoms with van der Waals surface area (Å²) >= 11 is 0. The van der Waals surface area contributed by atoms with Gasteiger partial charge in [-0.3, -0.25) is 9.69 Å². The second-order valence-corrected chi connectivity index (χ2v) is 8.73. The second kappa shape index (κ2) is 7.35. The number of rotatable bonds is 5. The standard InChI is InChI=1S/C20H23NO6S/c1-12-6-7-15(13(2)8-12)21-18(22)11-28(23,24)20(21)14-9-16(25-3)19(27-5)17(10-14)26-4/h6-10,20H,11H2,1-5H3. The van der Waals surface area contributed by atoms with Crippen LogP contribution in [0.3, 0.4) is 0 Å². The van der Waals surface area contributed by atoms with E-state index in [-0.39, 0.29) is 0 Å². The highest BCUT2D eigenvalue weighted by Crippen LogP contribution is 2.45. The molecule has 1 saturated heterocycles. The Bertz CT molecular complexity index is 1010. The van der Waals surface area contributed by atoms with Crippen molar-refractivity contribution in [2.24, 2.45) is 0 Å². The van der Waals surface area contributed by atoms with Gasteiger partial charge in [0.2, 0.25) is 11.7 Å². The van der Waals surface area contributed by atoms with Crippen LogP contribution in [0.5, 0.6) is 17.2 Å². The van der Waals surface area contributed by atoms with E-state index in [1.807, 2.05) is 26.0 Å². The minimum Gasteiger partial charge on any atom is -0.493 e. The van der Waals surface area contributed by atoms with Crippen molar-refractivity contribution in [3.63, 3.8) is 0 Å². The van der Waals surface area contributed by atoms with Gasteiger partial charge in [-0.05, 0) is 43.2 Å². The highest BCUT2D eigenvalue weighted by Gasteiger charge is 2.46. The Kier molecular flexibility index (Phi) is 5.25. The van der Waals surface area contributed by atoms with E-state index in [1.54, 1.807) is 18.2 Å². The molecule has 0 radical (unpaired) electrons. The normalized spacial score (nSPS) is 18.2. The summed E-state index contributed by atoms with van der Waals surface area (Å²) in [6.07, 6.45) is 0. The molecule has 0 spiro atoms. The number of sulfone groups is 1. The molecule has 0 saturated carbocycles. The molecule has 28 heavy (non-hydrogen) atoms. The molecule has 2 aromatic rings. The van der Waals surface area contributed by atoms with Gasteiger partial charge in [-0.25, -0.2) is 8.42 Å². The average molecular weight is 405 g/mol. The molecule has 3 rings (SSSR count). The van der Waals surface area contributed by atoms with E-state index in [1.165, 1.54) is 26.2 Å². The predicted octanol–water partition coefficient (Wildman–Crippen LogP) is 2.79. The first-order valence-corrected chi connectivity index (χ1v) is 10.4. The van der Waals surface area contributed by atoms with Crippen LogP contribution in [0.25, 0.3) is 0 Å². The summed E-state index contributed by atoms with van der Waals surface area (Å²) in [7, 11) is 0.623. The number of methoxy groups -OCH3 is 3. The summed E-state index contributed by atoms with van der Waals surface area (Å²) in [4.78, 5) is 14.0. The molecule has 0 N–H and O–H groups in total. The minimum atomic E-state index is -3.76. The third-order valence-electron chi connectivity index (χ3n) is 4.75. The fourth-order valence-electron chi connectivity index (χ4n) is 3.55. The largest absolute Gasteiger partial charge is 0.493 e. The topological polar surface area (TPSA) is 82.1 Å². The van der Waals surface area contributed by atoms with Crippen LogP contribution in [0.1, 0.15) is 22.1 Å². The van der Waals surface area contributed by atoms with Crippen LogP contribution in [-0.4, -0.2) is 41.4 Å². The molecule has 7 nitrogen and oxygen atoms in total. The number of aryl methyl sites for hydroxylation is 2. The Morgan fingerprint density at radius 2 is 1.57 bits per heavy atom. The first-order chi connectivity index (χ1) is 13.2. The first-order valence-electron chi connectivity index (χ1n) is 8.64. The lowest BCUT2D eigenvalue weighted by Gasteiger charge is -2.26. The van der Waals surface area contributed by atoms with Crippen molar-refractivity contribution in [3.05, 3.63) is 47.0 Å². The summed E-state index contributed by atoms with van der Waals surface area (Å²) < 4.78 is 41.8. The molecular weight excluding hydrogens is 382 g/mol. The van der Waals surface area contributed by atoms with E-state index in [0.717, 1.165) is 11.1 Å². The van der Waals surface area contributed by atoms with Gasteiger partial charge < -0.3 is 14.2 Å². The monoisotopic (exact) mass is 405 g/mol. The van der Waals surface area contributed by atoms with E-state index in [2.05, 4.69) is 0 Å². The molecule has 0 bridgehead atoms. The van der Waals surface area contributed by atoms with Gasteiger partial charge in [-0.1, -0.05) is 17.7 Å². The number of amides is 1. The minimum absolute atomic E-state index is 0.326. The van der Waals surface area contributed by atoms with Gasteiger partial charge in [-0.2, -0.15) is 0 Å². The number of benzene rings is 2. The Hall–Kier alpha value is -2.74. The number of nitrogens with zero attached hydrogens (tertiary/aromatic N) is 1. The third kappa shape index (κ3) is 3.28. The lowest BCUT2D eigenvalue weighted by molar-refractivity contribution is -0.115. The fraction of sp³-hybridized carbons (Fsp3) is 0.350. The highest BCUT2D eigenvalue weighted by atomic mass is 32.2. The van der Waals surface area contributed by atoms with Gasteiger partial charge in [-0.15, -0.1) is 0 Å². The fourth-order valence-corrected chi connectivity index (χ4v) is 5.29. The van der Waals surface area contributed by atoms with E-state index in [4.69, 9.17) is 14.2 Å². The maximum absolute atomic E-state index is 12.9.